The van der Waals surface area contributed by atoms with E-state index < -0.39 is 9.84 Å². The van der Waals surface area contributed by atoms with Gasteiger partial charge >= 0.3 is 0 Å². The van der Waals surface area contributed by atoms with Gasteiger partial charge in [0.25, 0.3) is 0 Å². The number of hydrogen-bond acceptors (Lipinski definition) is 3. The van der Waals surface area contributed by atoms with Gasteiger partial charge in [-0.3, -0.25) is 4.79 Å². The smallest absolute Gasteiger partial charge is 0.154 e. The lowest BCUT2D eigenvalue weighted by atomic mass is 10.0. The Balaban J connectivity index is 2.72. The van der Waals surface area contributed by atoms with E-state index in [2.05, 4.69) is 0 Å². The van der Waals surface area contributed by atoms with E-state index in [9.17, 15) is 13.2 Å². The van der Waals surface area contributed by atoms with Gasteiger partial charge in [0, 0.05) is 12.7 Å². The molecular formula is C11H14O3S. The summed E-state index contributed by atoms with van der Waals surface area (Å²) < 4.78 is 21.8. The van der Waals surface area contributed by atoms with Crippen molar-refractivity contribution in [3.8, 4) is 0 Å². The first-order valence-corrected chi connectivity index (χ1v) is 6.68. The van der Waals surface area contributed by atoms with E-state index in [0.717, 1.165) is 17.4 Å². The summed E-state index contributed by atoms with van der Waals surface area (Å²) in [6, 6.07) is 7.48. The van der Waals surface area contributed by atoms with Crippen LogP contribution in [0.3, 0.4) is 0 Å². The lowest BCUT2D eigenvalue weighted by Crippen LogP contribution is -2.16. The zero-order valence-corrected chi connectivity index (χ0v) is 9.67. The van der Waals surface area contributed by atoms with E-state index in [-0.39, 0.29) is 18.0 Å². The Morgan fingerprint density at radius 3 is 2.40 bits per heavy atom. The monoisotopic (exact) mass is 226 g/mol. The number of Topliss-reactive ketones (excluding diaryl/α,β-unsaturated/α-hetero) is 1. The van der Waals surface area contributed by atoms with Crippen molar-refractivity contribution in [3.63, 3.8) is 0 Å². The number of carbonyl (C=O) groups excluding carboxylic acids is 1. The van der Waals surface area contributed by atoms with E-state index in [0.29, 0.717) is 0 Å². The Morgan fingerprint density at radius 1 is 1.27 bits per heavy atom. The molecule has 3 nitrogen and oxygen atoms in total. The van der Waals surface area contributed by atoms with Gasteiger partial charge in [0.05, 0.1) is 0 Å². The van der Waals surface area contributed by atoms with Crippen molar-refractivity contribution in [3.05, 3.63) is 35.4 Å². The highest BCUT2D eigenvalue weighted by Crippen LogP contribution is 2.08. The summed E-state index contributed by atoms with van der Waals surface area (Å²) in [5, 5.41) is 0. The largest absolute Gasteiger partial charge is 0.298 e. The molecule has 0 amide bonds. The molecule has 0 saturated heterocycles. The predicted molar refractivity (Wildman–Crippen MR) is 59.6 cm³/mol. The van der Waals surface area contributed by atoms with Gasteiger partial charge in [-0.2, -0.15) is 0 Å². The average molecular weight is 226 g/mol. The second-order valence-electron chi connectivity index (χ2n) is 3.71. The molecule has 82 valence electrons. The summed E-state index contributed by atoms with van der Waals surface area (Å²) >= 11 is 0. The molecule has 1 rings (SSSR count). The zero-order valence-electron chi connectivity index (χ0n) is 8.86. The molecule has 15 heavy (non-hydrogen) atoms. The van der Waals surface area contributed by atoms with E-state index in [1.54, 1.807) is 0 Å². The first kappa shape index (κ1) is 11.9. The van der Waals surface area contributed by atoms with Gasteiger partial charge in [-0.15, -0.1) is 0 Å². The molecule has 4 heteroatoms. The van der Waals surface area contributed by atoms with Gasteiger partial charge < -0.3 is 0 Å². The average Bonchev–Trinajstić information content (AvgIpc) is 2.05. The summed E-state index contributed by atoms with van der Waals surface area (Å²) in [6.45, 7) is 1.91. The Kier molecular flexibility index (Phi) is 3.63. The van der Waals surface area contributed by atoms with Gasteiger partial charge in [0.15, 0.2) is 15.6 Å². The molecule has 1 aromatic rings. The minimum absolute atomic E-state index is 0.194. The fourth-order valence-corrected chi connectivity index (χ4v) is 2.05. The van der Waals surface area contributed by atoms with Crippen molar-refractivity contribution in [1.29, 1.82) is 0 Å². The molecule has 0 heterocycles. The summed E-state index contributed by atoms with van der Waals surface area (Å²) in [5.41, 5.74) is 1.91. The van der Waals surface area contributed by atoms with Crippen LogP contribution in [0.4, 0.5) is 0 Å². The van der Waals surface area contributed by atoms with Crippen molar-refractivity contribution in [2.75, 3.05) is 12.0 Å². The third kappa shape index (κ3) is 4.25. The van der Waals surface area contributed by atoms with Crippen molar-refractivity contribution < 1.29 is 13.2 Å². The van der Waals surface area contributed by atoms with Crippen LogP contribution in [0.1, 0.15) is 11.1 Å². The molecule has 0 aliphatic heterocycles. The van der Waals surface area contributed by atoms with Crippen molar-refractivity contribution in [2.45, 2.75) is 13.3 Å². The second-order valence-corrected chi connectivity index (χ2v) is 5.85. The molecule has 0 aliphatic rings. The summed E-state index contributed by atoms with van der Waals surface area (Å²) in [6.07, 6.45) is 1.27. The van der Waals surface area contributed by atoms with E-state index >= 15 is 0 Å². The molecule has 0 N–H and O–H groups in total. The van der Waals surface area contributed by atoms with E-state index in [4.69, 9.17) is 0 Å². The van der Waals surface area contributed by atoms with Crippen molar-refractivity contribution in [2.24, 2.45) is 0 Å². The van der Waals surface area contributed by atoms with Crippen LogP contribution in [0.25, 0.3) is 0 Å². The van der Waals surface area contributed by atoms with Crippen LogP contribution in [0.15, 0.2) is 24.3 Å². The maximum Gasteiger partial charge on any atom is 0.154 e. The molecule has 0 aromatic heterocycles. The van der Waals surface area contributed by atoms with Crippen LogP contribution in [0.5, 0.6) is 0 Å². The maximum absolute atomic E-state index is 11.4. The number of ketones is 1. The normalized spacial score (nSPS) is 11.3. The molecule has 0 fully saturated rings. The summed E-state index contributed by atoms with van der Waals surface area (Å²) in [4.78, 5) is 11.4. The van der Waals surface area contributed by atoms with Gasteiger partial charge in [-0.1, -0.05) is 24.3 Å². The molecule has 1 aromatic carbocycles. The minimum atomic E-state index is -3.21. The topological polar surface area (TPSA) is 51.2 Å². The van der Waals surface area contributed by atoms with Crippen LogP contribution >= 0.6 is 0 Å². The number of aryl methyl sites for hydroxylation is 1. The predicted octanol–water partition coefficient (Wildman–Crippen LogP) is 1.15. The fraction of sp³-hybridized carbons (Fsp3) is 0.364. The quantitative estimate of drug-likeness (QED) is 0.774. The molecule has 0 spiro atoms. The molecule has 0 radical (unpaired) electrons. The second kappa shape index (κ2) is 4.57. The molecule has 0 atom stereocenters. The Hall–Kier alpha value is -1.16. The minimum Gasteiger partial charge on any atom is -0.298 e. The number of benzene rings is 1. The standard InChI is InChI=1S/C11H14O3S/c1-9-5-3-4-6-10(9)7-11(12)8-15(2,13)14/h3-6H,7-8H2,1-2H3. The van der Waals surface area contributed by atoms with Gasteiger partial charge in [-0.05, 0) is 18.1 Å². The van der Waals surface area contributed by atoms with Gasteiger partial charge in [0.2, 0.25) is 0 Å². The molecule has 0 bridgehead atoms. The van der Waals surface area contributed by atoms with Gasteiger partial charge in [0.1, 0.15) is 5.75 Å². The van der Waals surface area contributed by atoms with Crippen LogP contribution in [0.2, 0.25) is 0 Å². The third-order valence-electron chi connectivity index (χ3n) is 2.07. The lowest BCUT2D eigenvalue weighted by Gasteiger charge is -2.03. The SMILES string of the molecule is Cc1ccccc1CC(=O)CS(C)(=O)=O. The van der Waals surface area contributed by atoms with Crippen molar-refractivity contribution in [1.82, 2.24) is 0 Å². The van der Waals surface area contributed by atoms with E-state index in [1.165, 1.54) is 0 Å². The highest BCUT2D eigenvalue weighted by molar-refractivity contribution is 7.91. The Labute approximate surface area is 90.0 Å². The zero-order chi connectivity index (χ0) is 11.5. The Bertz CT molecular complexity index is 460. The maximum atomic E-state index is 11.4. The number of sulfone groups is 1. The first-order valence-electron chi connectivity index (χ1n) is 4.62. The number of rotatable bonds is 4. The third-order valence-corrected chi connectivity index (χ3v) is 2.92. The molecular weight excluding hydrogens is 212 g/mol. The van der Waals surface area contributed by atoms with E-state index in [1.807, 2.05) is 31.2 Å². The first-order chi connectivity index (χ1) is 6.88. The van der Waals surface area contributed by atoms with Crippen LogP contribution in [-0.2, 0) is 21.1 Å². The summed E-state index contributed by atoms with van der Waals surface area (Å²) in [5.74, 6) is -0.631. The van der Waals surface area contributed by atoms with Gasteiger partial charge in [-0.25, -0.2) is 8.42 Å². The molecule has 0 unspecified atom stereocenters. The Morgan fingerprint density at radius 2 is 1.87 bits per heavy atom. The number of carbonyl (C=O) groups is 1. The van der Waals surface area contributed by atoms with Crippen molar-refractivity contribution >= 4 is 15.6 Å². The van der Waals surface area contributed by atoms with Crippen LogP contribution < -0.4 is 0 Å². The fourth-order valence-electron chi connectivity index (χ4n) is 1.36. The molecule has 0 saturated carbocycles. The summed E-state index contributed by atoms with van der Waals surface area (Å²) in [7, 11) is -3.21. The lowest BCUT2D eigenvalue weighted by molar-refractivity contribution is -0.116. The highest BCUT2D eigenvalue weighted by Gasteiger charge is 2.12. The highest BCUT2D eigenvalue weighted by atomic mass is 32.2. The number of hydrogen-bond donors (Lipinski definition) is 0. The molecule has 0 aliphatic carbocycles. The van der Waals surface area contributed by atoms with Crippen LogP contribution in [0, 0.1) is 6.92 Å². The van der Waals surface area contributed by atoms with Crippen LogP contribution in [-0.4, -0.2) is 26.2 Å².